The molecule has 1 aromatic carbocycles. The quantitative estimate of drug-likeness (QED) is 0.882. The number of nitrogens with one attached hydrogen (secondary N) is 1. The molecule has 1 saturated carbocycles. The van der Waals surface area contributed by atoms with Gasteiger partial charge < -0.3 is 14.6 Å². The Morgan fingerprint density at radius 3 is 2.85 bits per heavy atom. The predicted molar refractivity (Wildman–Crippen MR) is 102 cm³/mol. The Bertz CT molecular complexity index is 730. The molecule has 2 heterocycles. The molecular weight excluding hydrogens is 352 g/mol. The Morgan fingerprint density at radius 1 is 1.31 bits per heavy atom. The third-order valence-electron chi connectivity index (χ3n) is 5.74. The van der Waals surface area contributed by atoms with Crippen LogP contribution in [-0.4, -0.2) is 48.8 Å². The molecule has 2 aliphatic rings. The summed E-state index contributed by atoms with van der Waals surface area (Å²) < 4.78 is 11.3. The van der Waals surface area contributed by atoms with Crippen LogP contribution < -0.4 is 10.1 Å². The highest BCUT2D eigenvalue weighted by molar-refractivity contribution is 5.85. The molecular formula is C19H27ClN4O2. The molecule has 1 aliphatic carbocycles. The van der Waals surface area contributed by atoms with Gasteiger partial charge in [0, 0.05) is 19.6 Å². The van der Waals surface area contributed by atoms with E-state index in [1.54, 1.807) is 7.11 Å². The smallest absolute Gasteiger partial charge is 0.237 e. The minimum absolute atomic E-state index is 0. The molecule has 7 heteroatoms. The van der Waals surface area contributed by atoms with Crippen LogP contribution in [0.15, 0.2) is 28.8 Å². The fourth-order valence-electron chi connectivity index (χ4n) is 4.18. The standard InChI is InChI=1S/C19H26N4O2.ClH/c1-23-11-10-20-13-16(23)17-21-18(25-22-17)19(8-3-4-9-19)14-6-5-7-15(12-14)24-2;/h5-7,12,16,20H,3-4,8-11,13H2,1-2H3;1H. The summed E-state index contributed by atoms with van der Waals surface area (Å²) in [5, 5.41) is 7.77. The van der Waals surface area contributed by atoms with E-state index >= 15 is 0 Å². The summed E-state index contributed by atoms with van der Waals surface area (Å²) in [6.45, 7) is 2.86. The van der Waals surface area contributed by atoms with Crippen molar-refractivity contribution in [3.63, 3.8) is 0 Å². The maximum absolute atomic E-state index is 5.83. The number of rotatable bonds is 4. The van der Waals surface area contributed by atoms with Gasteiger partial charge in [0.25, 0.3) is 0 Å². The van der Waals surface area contributed by atoms with Crippen molar-refractivity contribution in [3.8, 4) is 5.75 Å². The zero-order valence-corrected chi connectivity index (χ0v) is 16.2. The van der Waals surface area contributed by atoms with Crippen LogP contribution in [0.1, 0.15) is 49.0 Å². The number of ether oxygens (including phenoxy) is 1. The van der Waals surface area contributed by atoms with Crippen molar-refractivity contribution in [1.82, 2.24) is 20.4 Å². The van der Waals surface area contributed by atoms with Crippen LogP contribution in [0.4, 0.5) is 0 Å². The third kappa shape index (κ3) is 3.33. The first-order valence-corrected chi connectivity index (χ1v) is 9.12. The first-order chi connectivity index (χ1) is 12.2. The lowest BCUT2D eigenvalue weighted by molar-refractivity contribution is 0.190. The SMILES string of the molecule is COc1cccc(C2(c3nc(C4CNCCN4C)no3)CCCC2)c1.Cl. The molecule has 0 spiro atoms. The topological polar surface area (TPSA) is 63.4 Å². The van der Waals surface area contributed by atoms with Crippen molar-refractivity contribution in [2.45, 2.75) is 37.1 Å². The largest absolute Gasteiger partial charge is 0.497 e. The Labute approximate surface area is 160 Å². The number of halogens is 1. The minimum atomic E-state index is -0.180. The lowest BCUT2D eigenvalue weighted by Gasteiger charge is -2.30. The Morgan fingerprint density at radius 2 is 2.12 bits per heavy atom. The predicted octanol–water partition coefficient (Wildman–Crippen LogP) is 2.94. The summed E-state index contributed by atoms with van der Waals surface area (Å²) in [5.74, 6) is 2.42. The lowest BCUT2D eigenvalue weighted by Crippen LogP contribution is -2.44. The number of hydrogen-bond acceptors (Lipinski definition) is 6. The normalized spacial score (nSPS) is 22.8. The summed E-state index contributed by atoms with van der Waals surface area (Å²) in [6, 6.07) is 8.48. The minimum Gasteiger partial charge on any atom is -0.497 e. The van der Waals surface area contributed by atoms with Gasteiger partial charge in [0.15, 0.2) is 5.82 Å². The Balaban J connectivity index is 0.00000196. The van der Waals surface area contributed by atoms with Crippen LogP contribution in [0.25, 0.3) is 0 Å². The van der Waals surface area contributed by atoms with E-state index in [0.717, 1.165) is 49.9 Å². The number of piperazine rings is 1. The zero-order chi connectivity index (χ0) is 17.3. The van der Waals surface area contributed by atoms with Crippen LogP contribution in [0.2, 0.25) is 0 Å². The molecule has 142 valence electrons. The van der Waals surface area contributed by atoms with Crippen LogP contribution in [0.5, 0.6) is 5.75 Å². The fraction of sp³-hybridized carbons (Fsp3) is 0.579. The van der Waals surface area contributed by atoms with Crippen molar-refractivity contribution in [3.05, 3.63) is 41.5 Å². The molecule has 1 unspecified atom stereocenters. The molecule has 0 amide bonds. The van der Waals surface area contributed by atoms with Gasteiger partial charge in [-0.2, -0.15) is 4.98 Å². The number of likely N-dealkylation sites (N-methyl/N-ethyl adjacent to an activating group) is 1. The van der Waals surface area contributed by atoms with Crippen LogP contribution in [0, 0.1) is 0 Å². The molecule has 1 saturated heterocycles. The van der Waals surface area contributed by atoms with E-state index in [1.807, 2.05) is 12.1 Å². The van der Waals surface area contributed by atoms with Crippen LogP contribution >= 0.6 is 12.4 Å². The van der Waals surface area contributed by atoms with Gasteiger partial charge in [-0.15, -0.1) is 12.4 Å². The van der Waals surface area contributed by atoms with Crippen molar-refractivity contribution >= 4 is 12.4 Å². The summed E-state index contributed by atoms with van der Waals surface area (Å²) in [7, 11) is 3.83. The van der Waals surface area contributed by atoms with E-state index in [2.05, 4.69) is 34.6 Å². The molecule has 0 radical (unpaired) electrons. The van der Waals surface area contributed by atoms with Gasteiger partial charge in [-0.25, -0.2) is 0 Å². The van der Waals surface area contributed by atoms with Gasteiger partial charge in [-0.05, 0) is 37.6 Å². The molecule has 26 heavy (non-hydrogen) atoms. The number of aromatic nitrogens is 2. The van der Waals surface area contributed by atoms with Crippen LogP contribution in [-0.2, 0) is 5.41 Å². The van der Waals surface area contributed by atoms with Gasteiger partial charge in [0.05, 0.1) is 18.6 Å². The number of benzene rings is 1. The van der Waals surface area contributed by atoms with Crippen molar-refractivity contribution in [2.24, 2.45) is 0 Å². The fourth-order valence-corrected chi connectivity index (χ4v) is 4.18. The van der Waals surface area contributed by atoms with Gasteiger partial charge >= 0.3 is 0 Å². The molecule has 0 bridgehead atoms. The highest BCUT2D eigenvalue weighted by Gasteiger charge is 2.43. The van der Waals surface area contributed by atoms with Crippen molar-refractivity contribution in [2.75, 3.05) is 33.8 Å². The molecule has 2 fully saturated rings. The average molecular weight is 379 g/mol. The second kappa shape index (κ2) is 7.94. The number of nitrogens with zero attached hydrogens (tertiary/aromatic N) is 3. The maximum atomic E-state index is 5.83. The molecule has 2 aromatic rings. The second-order valence-corrected chi connectivity index (χ2v) is 7.18. The van der Waals surface area contributed by atoms with E-state index in [4.69, 9.17) is 14.2 Å². The van der Waals surface area contributed by atoms with E-state index in [1.165, 1.54) is 18.4 Å². The van der Waals surface area contributed by atoms with E-state index < -0.39 is 0 Å². The summed E-state index contributed by atoms with van der Waals surface area (Å²) in [5.41, 5.74) is 1.04. The summed E-state index contributed by atoms with van der Waals surface area (Å²) in [4.78, 5) is 7.16. The number of hydrogen-bond donors (Lipinski definition) is 1. The summed E-state index contributed by atoms with van der Waals surface area (Å²) in [6.07, 6.45) is 4.45. The Kier molecular flexibility index (Phi) is 5.85. The van der Waals surface area contributed by atoms with E-state index in [0.29, 0.717) is 0 Å². The van der Waals surface area contributed by atoms with E-state index in [9.17, 15) is 0 Å². The summed E-state index contributed by atoms with van der Waals surface area (Å²) >= 11 is 0. The van der Waals surface area contributed by atoms with Gasteiger partial charge in [-0.3, -0.25) is 4.90 Å². The zero-order valence-electron chi connectivity index (χ0n) is 15.4. The second-order valence-electron chi connectivity index (χ2n) is 7.18. The molecule has 4 rings (SSSR count). The lowest BCUT2D eigenvalue weighted by atomic mass is 9.78. The monoisotopic (exact) mass is 378 g/mol. The Hall–Kier alpha value is -1.63. The molecule has 1 aromatic heterocycles. The molecule has 6 nitrogen and oxygen atoms in total. The first kappa shape index (κ1) is 19.1. The van der Waals surface area contributed by atoms with Crippen molar-refractivity contribution in [1.29, 1.82) is 0 Å². The van der Waals surface area contributed by atoms with Gasteiger partial charge in [0.1, 0.15) is 5.75 Å². The van der Waals surface area contributed by atoms with E-state index in [-0.39, 0.29) is 23.9 Å². The highest BCUT2D eigenvalue weighted by atomic mass is 35.5. The molecule has 1 aliphatic heterocycles. The van der Waals surface area contributed by atoms with Gasteiger partial charge in [-0.1, -0.05) is 30.1 Å². The third-order valence-corrected chi connectivity index (χ3v) is 5.74. The van der Waals surface area contributed by atoms with Crippen LogP contribution in [0.3, 0.4) is 0 Å². The number of methoxy groups -OCH3 is 1. The van der Waals surface area contributed by atoms with Gasteiger partial charge in [0.2, 0.25) is 5.89 Å². The average Bonchev–Trinajstić information content (AvgIpc) is 3.32. The highest BCUT2D eigenvalue weighted by Crippen LogP contribution is 2.46. The maximum Gasteiger partial charge on any atom is 0.237 e. The first-order valence-electron chi connectivity index (χ1n) is 9.12. The van der Waals surface area contributed by atoms with Crippen molar-refractivity contribution < 1.29 is 9.26 Å². The molecule has 1 atom stereocenters. The molecule has 1 N–H and O–H groups in total.